The third-order valence-corrected chi connectivity index (χ3v) is 5.91. The van der Waals surface area contributed by atoms with E-state index in [2.05, 4.69) is 36.2 Å². The fraction of sp³-hybridized carbons (Fsp3) is 0.600. The maximum atomic E-state index is 12.5. The monoisotopic (exact) mass is 375 g/mol. The summed E-state index contributed by atoms with van der Waals surface area (Å²) in [4.78, 5) is 19.6. The number of aromatic nitrogens is 1. The van der Waals surface area contributed by atoms with E-state index in [1.54, 1.807) is 11.3 Å². The largest absolute Gasteiger partial charge is 0.382 e. The van der Waals surface area contributed by atoms with Crippen LogP contribution in [0.5, 0.6) is 0 Å². The van der Waals surface area contributed by atoms with Gasteiger partial charge in [0.2, 0.25) is 5.91 Å². The molecule has 0 aliphatic carbocycles. The van der Waals surface area contributed by atoms with Crippen LogP contribution in [-0.2, 0) is 9.53 Å². The number of nitrogens with zero attached hydrogens (tertiary/aromatic N) is 2. The highest BCUT2D eigenvalue weighted by molar-refractivity contribution is 7.22. The average Bonchev–Trinajstić information content (AvgIpc) is 3.06. The molecule has 0 radical (unpaired) electrons. The first-order valence-corrected chi connectivity index (χ1v) is 10.4. The zero-order valence-electron chi connectivity index (χ0n) is 16.0. The van der Waals surface area contributed by atoms with Crippen molar-refractivity contribution in [3.63, 3.8) is 0 Å². The Balaban J connectivity index is 1.61. The zero-order valence-corrected chi connectivity index (χ0v) is 16.8. The van der Waals surface area contributed by atoms with Crippen LogP contribution < -0.4 is 10.2 Å². The molecule has 6 heteroatoms. The first-order chi connectivity index (χ1) is 12.6. The summed E-state index contributed by atoms with van der Waals surface area (Å²) in [6.07, 6.45) is 2.86. The molecule has 1 aromatic heterocycles. The lowest BCUT2D eigenvalue weighted by Crippen LogP contribution is -2.43. The summed E-state index contributed by atoms with van der Waals surface area (Å²) in [6.45, 7) is 10.1. The summed E-state index contributed by atoms with van der Waals surface area (Å²) >= 11 is 1.74. The predicted molar refractivity (Wildman–Crippen MR) is 108 cm³/mol. The highest BCUT2D eigenvalue weighted by Gasteiger charge is 2.27. The van der Waals surface area contributed by atoms with Gasteiger partial charge in [-0.25, -0.2) is 4.98 Å². The summed E-state index contributed by atoms with van der Waals surface area (Å²) in [6, 6.07) is 4.39. The number of fused-ring (bicyclic) bond motifs is 1. The second-order valence-corrected chi connectivity index (χ2v) is 8.06. The Hall–Kier alpha value is -1.66. The molecule has 1 aliphatic rings. The van der Waals surface area contributed by atoms with Crippen LogP contribution in [0.1, 0.15) is 37.3 Å². The number of carbonyl (C=O) groups excluding carboxylic acids is 1. The Bertz CT molecular complexity index is 759. The Morgan fingerprint density at radius 1 is 1.42 bits per heavy atom. The number of nitrogens with one attached hydrogen (secondary N) is 1. The van der Waals surface area contributed by atoms with Crippen LogP contribution in [0.2, 0.25) is 0 Å². The quantitative estimate of drug-likeness (QED) is 0.750. The van der Waals surface area contributed by atoms with Crippen LogP contribution in [0.3, 0.4) is 0 Å². The van der Waals surface area contributed by atoms with Gasteiger partial charge in [0.15, 0.2) is 5.13 Å². The van der Waals surface area contributed by atoms with Gasteiger partial charge in [-0.05, 0) is 57.2 Å². The summed E-state index contributed by atoms with van der Waals surface area (Å²) in [5.41, 5.74) is 3.59. The molecule has 5 nitrogen and oxygen atoms in total. The smallest absolute Gasteiger partial charge is 0.224 e. The standard InChI is InChI=1S/C20H29N3O2S/c1-4-25-10-6-8-21-19(24)16-7-5-9-23(13-16)20-22-18-15(3)11-14(2)12-17(18)26-20/h11-12,16H,4-10,13H2,1-3H3,(H,21,24)/t16-/m1/s1. The van der Waals surface area contributed by atoms with Gasteiger partial charge in [0.25, 0.3) is 0 Å². The van der Waals surface area contributed by atoms with Gasteiger partial charge in [-0.15, -0.1) is 0 Å². The van der Waals surface area contributed by atoms with Crippen LogP contribution in [0, 0.1) is 19.8 Å². The first-order valence-electron chi connectivity index (χ1n) is 9.56. The third kappa shape index (κ3) is 4.54. The Labute approximate surface area is 159 Å². The van der Waals surface area contributed by atoms with Crippen LogP contribution in [0.4, 0.5) is 5.13 Å². The topological polar surface area (TPSA) is 54.5 Å². The van der Waals surface area contributed by atoms with E-state index in [4.69, 9.17) is 9.72 Å². The van der Waals surface area contributed by atoms with E-state index in [0.29, 0.717) is 13.2 Å². The number of aryl methyl sites for hydroxylation is 2. The Morgan fingerprint density at radius 2 is 2.27 bits per heavy atom. The predicted octanol–water partition coefficient (Wildman–Crippen LogP) is 3.67. The minimum atomic E-state index is 0.0469. The van der Waals surface area contributed by atoms with E-state index >= 15 is 0 Å². The molecular formula is C20H29N3O2S. The highest BCUT2D eigenvalue weighted by atomic mass is 32.1. The van der Waals surface area contributed by atoms with Crippen molar-refractivity contribution in [3.05, 3.63) is 23.3 Å². The molecule has 1 N–H and O–H groups in total. The fourth-order valence-corrected chi connectivity index (χ4v) is 4.71. The van der Waals surface area contributed by atoms with Gasteiger partial charge < -0.3 is 15.0 Å². The normalized spacial score (nSPS) is 17.7. The molecule has 1 fully saturated rings. The average molecular weight is 376 g/mol. The lowest BCUT2D eigenvalue weighted by atomic mass is 9.97. The number of ether oxygens (including phenoxy) is 1. The number of carbonyl (C=O) groups is 1. The van der Waals surface area contributed by atoms with Gasteiger partial charge in [0.1, 0.15) is 0 Å². The minimum absolute atomic E-state index is 0.0469. The number of anilines is 1. The molecule has 1 saturated heterocycles. The molecule has 2 aromatic rings. The van der Waals surface area contributed by atoms with Crippen molar-refractivity contribution in [3.8, 4) is 0 Å². The molecule has 26 heavy (non-hydrogen) atoms. The molecule has 3 rings (SSSR count). The summed E-state index contributed by atoms with van der Waals surface area (Å²) in [5.74, 6) is 0.213. The molecule has 1 aliphatic heterocycles. The number of amides is 1. The maximum absolute atomic E-state index is 12.5. The second-order valence-electron chi connectivity index (χ2n) is 7.05. The van der Waals surface area contributed by atoms with E-state index in [9.17, 15) is 4.79 Å². The second kappa shape index (κ2) is 8.82. The first kappa shape index (κ1) is 19.1. The molecule has 1 aromatic carbocycles. The van der Waals surface area contributed by atoms with Gasteiger partial charge in [0.05, 0.1) is 16.1 Å². The SMILES string of the molecule is CCOCCCNC(=O)[C@@H]1CCCN(c2nc3c(C)cc(C)cc3s2)C1. The van der Waals surface area contributed by atoms with Gasteiger partial charge in [-0.2, -0.15) is 0 Å². The van der Waals surface area contributed by atoms with E-state index in [-0.39, 0.29) is 11.8 Å². The van der Waals surface area contributed by atoms with Crippen LogP contribution in [-0.4, -0.2) is 43.7 Å². The molecular weight excluding hydrogens is 346 g/mol. The van der Waals surface area contributed by atoms with Gasteiger partial charge in [-0.1, -0.05) is 17.4 Å². The number of thiazole rings is 1. The van der Waals surface area contributed by atoms with Crippen molar-refractivity contribution in [2.45, 2.75) is 40.0 Å². The molecule has 0 saturated carbocycles. The Kier molecular flexibility index (Phi) is 6.48. The van der Waals surface area contributed by atoms with Crippen LogP contribution in [0.15, 0.2) is 12.1 Å². The summed E-state index contributed by atoms with van der Waals surface area (Å²) in [7, 11) is 0. The number of hydrogen-bond donors (Lipinski definition) is 1. The number of benzene rings is 1. The van der Waals surface area contributed by atoms with Gasteiger partial charge in [-0.3, -0.25) is 4.79 Å². The van der Waals surface area contributed by atoms with Crippen molar-refractivity contribution in [1.82, 2.24) is 10.3 Å². The molecule has 1 amide bonds. The minimum Gasteiger partial charge on any atom is -0.382 e. The molecule has 0 spiro atoms. The van der Waals surface area contributed by atoms with Crippen molar-refractivity contribution >= 4 is 32.6 Å². The van der Waals surface area contributed by atoms with Gasteiger partial charge in [0, 0.05) is 32.8 Å². The van der Waals surface area contributed by atoms with Crippen LogP contribution in [0.25, 0.3) is 10.2 Å². The van der Waals surface area contributed by atoms with Crippen molar-refractivity contribution in [1.29, 1.82) is 0 Å². The lowest BCUT2D eigenvalue weighted by Gasteiger charge is -2.31. The lowest BCUT2D eigenvalue weighted by molar-refractivity contribution is -0.125. The third-order valence-electron chi connectivity index (χ3n) is 4.85. The molecule has 142 valence electrons. The van der Waals surface area contributed by atoms with Crippen LogP contribution >= 0.6 is 11.3 Å². The van der Waals surface area contributed by atoms with Crippen molar-refractivity contribution < 1.29 is 9.53 Å². The number of rotatable bonds is 7. The zero-order chi connectivity index (χ0) is 18.5. The Morgan fingerprint density at radius 3 is 3.08 bits per heavy atom. The number of piperidine rings is 1. The van der Waals surface area contributed by atoms with Gasteiger partial charge >= 0.3 is 0 Å². The van der Waals surface area contributed by atoms with E-state index in [1.165, 1.54) is 15.8 Å². The fourth-order valence-electron chi connectivity index (χ4n) is 3.53. The van der Waals surface area contributed by atoms with Crippen molar-refractivity contribution in [2.75, 3.05) is 37.7 Å². The molecule has 0 bridgehead atoms. The van der Waals surface area contributed by atoms with E-state index in [0.717, 1.165) is 49.6 Å². The molecule has 0 unspecified atom stereocenters. The van der Waals surface area contributed by atoms with E-state index < -0.39 is 0 Å². The molecule has 2 heterocycles. The number of hydrogen-bond acceptors (Lipinski definition) is 5. The maximum Gasteiger partial charge on any atom is 0.224 e. The van der Waals surface area contributed by atoms with E-state index in [1.807, 2.05) is 6.92 Å². The summed E-state index contributed by atoms with van der Waals surface area (Å²) < 4.78 is 6.55. The molecule has 1 atom stereocenters. The highest BCUT2D eigenvalue weighted by Crippen LogP contribution is 2.33. The summed E-state index contributed by atoms with van der Waals surface area (Å²) in [5, 5.41) is 4.11. The van der Waals surface area contributed by atoms with Crippen molar-refractivity contribution in [2.24, 2.45) is 5.92 Å².